The fourth-order valence-corrected chi connectivity index (χ4v) is 7.12. The van der Waals surface area contributed by atoms with Gasteiger partial charge in [0.2, 0.25) is 11.8 Å². The van der Waals surface area contributed by atoms with Crippen LogP contribution in [0.1, 0.15) is 42.9 Å². The van der Waals surface area contributed by atoms with Crippen molar-refractivity contribution in [2.45, 2.75) is 38.3 Å². The Labute approximate surface area is 281 Å². The second-order valence-corrected chi connectivity index (χ2v) is 13.1. The molecule has 5 aromatic carbocycles. The number of hydrogen-bond donors (Lipinski definition) is 2. The molecule has 2 aliphatic rings. The number of nitrogens with zero attached hydrogens (tertiary/aromatic N) is 1. The van der Waals surface area contributed by atoms with E-state index in [1.165, 1.54) is 10.8 Å². The molecule has 6 heteroatoms. The summed E-state index contributed by atoms with van der Waals surface area (Å²) in [6, 6.07) is 37.7. The number of hydrogen-bond acceptors (Lipinski definition) is 3. The van der Waals surface area contributed by atoms with Crippen molar-refractivity contribution < 1.29 is 14.4 Å². The lowest BCUT2D eigenvalue weighted by Crippen LogP contribution is -2.46. The van der Waals surface area contributed by atoms with E-state index in [4.69, 9.17) is 5.73 Å². The first-order valence-corrected chi connectivity index (χ1v) is 16.7. The lowest BCUT2D eigenvalue weighted by Gasteiger charge is -2.29. The smallest absolute Gasteiger partial charge is 0.254 e. The third-order valence-corrected chi connectivity index (χ3v) is 9.80. The number of allylic oxidation sites excluding steroid dienone is 1. The van der Waals surface area contributed by atoms with Crippen LogP contribution in [0.4, 0.5) is 5.69 Å². The molecule has 1 aliphatic carbocycles. The number of benzene rings is 5. The van der Waals surface area contributed by atoms with Crippen LogP contribution in [0.3, 0.4) is 0 Å². The minimum absolute atomic E-state index is 0.235. The zero-order valence-corrected chi connectivity index (χ0v) is 26.8. The molecule has 3 unspecified atom stereocenters. The van der Waals surface area contributed by atoms with Crippen LogP contribution in [-0.4, -0.2) is 17.7 Å². The molecule has 1 aliphatic heterocycles. The molecule has 240 valence electrons. The number of rotatable bonds is 11. The summed E-state index contributed by atoms with van der Waals surface area (Å²) in [7, 11) is 0. The van der Waals surface area contributed by atoms with Gasteiger partial charge in [0.15, 0.2) is 0 Å². The van der Waals surface area contributed by atoms with Crippen LogP contribution in [0.2, 0.25) is 0 Å². The molecule has 0 radical (unpaired) electrons. The fourth-order valence-electron chi connectivity index (χ4n) is 7.12. The molecule has 5 aromatic rings. The summed E-state index contributed by atoms with van der Waals surface area (Å²) in [5.41, 5.74) is 12.2. The highest BCUT2D eigenvalue weighted by Crippen LogP contribution is 2.42. The van der Waals surface area contributed by atoms with Crippen molar-refractivity contribution >= 4 is 34.2 Å². The predicted molar refractivity (Wildman–Crippen MR) is 192 cm³/mol. The van der Waals surface area contributed by atoms with E-state index in [9.17, 15) is 14.4 Å². The maximum absolute atomic E-state index is 14.8. The molecule has 0 saturated heterocycles. The van der Waals surface area contributed by atoms with Gasteiger partial charge in [0.1, 0.15) is 6.04 Å². The van der Waals surface area contributed by atoms with Crippen LogP contribution in [0.5, 0.6) is 0 Å². The van der Waals surface area contributed by atoms with Gasteiger partial charge in [-0.25, -0.2) is 0 Å². The van der Waals surface area contributed by atoms with E-state index < -0.39 is 23.8 Å². The maximum Gasteiger partial charge on any atom is 0.254 e. The van der Waals surface area contributed by atoms with Gasteiger partial charge in [0, 0.05) is 5.56 Å². The van der Waals surface area contributed by atoms with Gasteiger partial charge in [-0.05, 0) is 75.5 Å². The molecule has 3 N–H and O–H groups in total. The Hall–Kier alpha value is -5.49. The highest BCUT2D eigenvalue weighted by molar-refractivity contribution is 6.06. The van der Waals surface area contributed by atoms with Crippen molar-refractivity contribution in [1.82, 2.24) is 5.32 Å². The van der Waals surface area contributed by atoms with Gasteiger partial charge in [0.25, 0.3) is 5.91 Å². The molecule has 6 nitrogen and oxygen atoms in total. The van der Waals surface area contributed by atoms with Crippen LogP contribution < -0.4 is 16.0 Å². The molecule has 0 bridgehead atoms. The molecule has 3 amide bonds. The molecule has 1 heterocycles. The standard InChI is InChI=1S/C42H39N3O3/c1-2-10-36(40(43)46)37(24-27-19-20-27)41(47)44-39-35-17-6-5-15-33(35)34-16-7-8-18-38(34)45(42(39)48)26-28-11-9-14-30(23-28)32-22-21-29-12-3-4-13-31(29)25-32/h2-9,11-18,21-23,25,27,36-37,39H,1,10,19-20,24,26H2,(H2,43,46)(H,44,47). The molecular weight excluding hydrogens is 594 g/mol. The van der Waals surface area contributed by atoms with Crippen LogP contribution in [0, 0.1) is 17.8 Å². The molecule has 0 spiro atoms. The summed E-state index contributed by atoms with van der Waals surface area (Å²) in [6.45, 7) is 4.11. The summed E-state index contributed by atoms with van der Waals surface area (Å²) < 4.78 is 0. The first kappa shape index (κ1) is 31.1. The SMILES string of the molecule is C=CCC(C(N)=O)C(CC1CC1)C(=O)NC1C(=O)N(Cc2cccc(-c3ccc4ccccc4c3)c2)c2ccccc2-c2ccccc21. The molecule has 7 rings (SSSR count). The van der Waals surface area contributed by atoms with Crippen LogP contribution in [-0.2, 0) is 20.9 Å². The molecule has 1 saturated carbocycles. The number of nitrogens with two attached hydrogens (primary N) is 1. The summed E-state index contributed by atoms with van der Waals surface area (Å²) in [6.07, 6.45) is 4.55. The number of anilines is 1. The van der Waals surface area contributed by atoms with Crippen molar-refractivity contribution in [3.63, 3.8) is 0 Å². The number of fused-ring (bicyclic) bond motifs is 4. The maximum atomic E-state index is 14.8. The largest absolute Gasteiger partial charge is 0.369 e. The summed E-state index contributed by atoms with van der Waals surface area (Å²) >= 11 is 0. The second-order valence-electron chi connectivity index (χ2n) is 13.1. The summed E-state index contributed by atoms with van der Waals surface area (Å²) in [5, 5.41) is 5.47. The monoisotopic (exact) mass is 633 g/mol. The van der Waals surface area contributed by atoms with Gasteiger partial charge >= 0.3 is 0 Å². The number of nitrogens with one attached hydrogen (secondary N) is 1. The van der Waals surface area contributed by atoms with Crippen LogP contribution in [0.15, 0.2) is 128 Å². The van der Waals surface area contributed by atoms with Gasteiger partial charge in [0.05, 0.1) is 24.1 Å². The third-order valence-electron chi connectivity index (χ3n) is 9.80. The Morgan fingerprint density at radius 1 is 0.812 bits per heavy atom. The van der Waals surface area contributed by atoms with E-state index in [0.29, 0.717) is 25.3 Å². The Bertz CT molecular complexity index is 2030. The Balaban J connectivity index is 1.25. The topological polar surface area (TPSA) is 92.5 Å². The zero-order chi connectivity index (χ0) is 33.2. The number of carbonyl (C=O) groups is 3. The minimum atomic E-state index is -0.955. The van der Waals surface area contributed by atoms with E-state index in [1.807, 2.05) is 72.8 Å². The molecule has 48 heavy (non-hydrogen) atoms. The number of para-hydroxylation sites is 1. The van der Waals surface area contributed by atoms with Gasteiger partial charge in [-0.1, -0.05) is 116 Å². The minimum Gasteiger partial charge on any atom is -0.369 e. The third kappa shape index (κ3) is 6.26. The normalized spacial score (nSPS) is 16.7. The van der Waals surface area contributed by atoms with E-state index in [0.717, 1.165) is 51.9 Å². The Kier molecular flexibility index (Phi) is 8.64. The first-order chi connectivity index (χ1) is 23.4. The van der Waals surface area contributed by atoms with Gasteiger partial charge in [-0.2, -0.15) is 0 Å². The summed E-state index contributed by atoms with van der Waals surface area (Å²) in [4.78, 5) is 43.3. The zero-order valence-electron chi connectivity index (χ0n) is 26.8. The first-order valence-electron chi connectivity index (χ1n) is 16.7. The highest BCUT2D eigenvalue weighted by atomic mass is 16.2. The van der Waals surface area contributed by atoms with Crippen LogP contribution in [0.25, 0.3) is 33.0 Å². The van der Waals surface area contributed by atoms with Gasteiger partial charge in [-0.3, -0.25) is 14.4 Å². The second kappa shape index (κ2) is 13.3. The van der Waals surface area contributed by atoms with Crippen molar-refractivity contribution in [1.29, 1.82) is 0 Å². The average Bonchev–Trinajstić information content (AvgIpc) is 3.95. The fraction of sp³-hybridized carbons (Fsp3) is 0.214. The van der Waals surface area contributed by atoms with Gasteiger partial charge < -0.3 is 16.0 Å². The number of carbonyl (C=O) groups excluding carboxylic acids is 3. The van der Waals surface area contributed by atoms with Crippen molar-refractivity contribution in [2.75, 3.05) is 4.90 Å². The van der Waals surface area contributed by atoms with Crippen LogP contribution >= 0.6 is 0 Å². The molecule has 3 atom stereocenters. The predicted octanol–water partition coefficient (Wildman–Crippen LogP) is 7.97. The van der Waals surface area contributed by atoms with E-state index in [-0.39, 0.29) is 11.8 Å². The number of amides is 3. The van der Waals surface area contributed by atoms with E-state index in [1.54, 1.807) is 11.0 Å². The van der Waals surface area contributed by atoms with Gasteiger partial charge in [-0.15, -0.1) is 6.58 Å². The average molecular weight is 634 g/mol. The quantitative estimate of drug-likeness (QED) is 0.145. The van der Waals surface area contributed by atoms with E-state index >= 15 is 0 Å². The molecular formula is C42H39N3O3. The van der Waals surface area contributed by atoms with Crippen molar-refractivity contribution in [3.05, 3.63) is 139 Å². The van der Waals surface area contributed by atoms with Crippen molar-refractivity contribution in [2.24, 2.45) is 23.5 Å². The number of primary amides is 1. The lowest BCUT2D eigenvalue weighted by atomic mass is 9.83. The Morgan fingerprint density at radius 2 is 1.52 bits per heavy atom. The molecule has 0 aromatic heterocycles. The summed E-state index contributed by atoms with van der Waals surface area (Å²) in [5.74, 6) is -2.05. The lowest BCUT2D eigenvalue weighted by molar-refractivity contribution is -0.135. The highest BCUT2D eigenvalue weighted by Gasteiger charge is 2.40. The molecule has 1 fully saturated rings. The Morgan fingerprint density at radius 3 is 2.29 bits per heavy atom. The van der Waals surface area contributed by atoms with E-state index in [2.05, 4.69) is 54.4 Å². The van der Waals surface area contributed by atoms with Crippen molar-refractivity contribution in [3.8, 4) is 22.3 Å².